The Bertz CT molecular complexity index is 873. The van der Waals surface area contributed by atoms with Crippen molar-refractivity contribution in [3.05, 3.63) is 58.9 Å². The fourth-order valence-corrected chi connectivity index (χ4v) is 2.54. The molecule has 118 valence electrons. The smallest absolute Gasteiger partial charge is 0.237 e. The zero-order valence-corrected chi connectivity index (χ0v) is 13.4. The Hall–Kier alpha value is -2.53. The van der Waals surface area contributed by atoms with Gasteiger partial charge in [0, 0.05) is 5.02 Å². The van der Waals surface area contributed by atoms with E-state index in [2.05, 4.69) is 4.98 Å². The van der Waals surface area contributed by atoms with Crippen LogP contribution in [-0.2, 0) is 17.9 Å². The van der Waals surface area contributed by atoms with Crippen LogP contribution < -0.4 is 10.5 Å². The molecule has 0 unspecified atom stereocenters. The van der Waals surface area contributed by atoms with Crippen LogP contribution in [0.3, 0.4) is 0 Å². The molecule has 0 saturated carbocycles. The fraction of sp³-hybridized carbons (Fsp3) is 0.176. The zero-order valence-electron chi connectivity index (χ0n) is 12.6. The molecule has 3 aromatic rings. The number of nitrogens with zero attached hydrogens (tertiary/aromatic N) is 2. The monoisotopic (exact) mass is 329 g/mol. The number of benzene rings is 2. The van der Waals surface area contributed by atoms with Gasteiger partial charge in [-0.2, -0.15) is 0 Å². The van der Waals surface area contributed by atoms with Crippen LogP contribution in [0.5, 0.6) is 5.75 Å². The van der Waals surface area contributed by atoms with Crippen molar-refractivity contribution in [3.8, 4) is 5.75 Å². The molecule has 0 spiro atoms. The number of para-hydroxylation sites is 2. The standard InChI is InChI=1S/C17H16ClN3O2/c1-11-8-12(6-7-13(11)18)23-10-17-20-14-4-2-3-5-15(14)21(17)9-16(19)22/h2-8H,9-10H2,1H3,(H2,19,22). The topological polar surface area (TPSA) is 70.1 Å². The number of hydrogen-bond acceptors (Lipinski definition) is 3. The molecule has 2 N–H and O–H groups in total. The van der Waals surface area contributed by atoms with Gasteiger partial charge in [-0.25, -0.2) is 4.98 Å². The first kappa shape index (κ1) is 15.4. The summed E-state index contributed by atoms with van der Waals surface area (Å²) >= 11 is 6.01. The van der Waals surface area contributed by atoms with Gasteiger partial charge in [0.15, 0.2) is 0 Å². The molecule has 5 nitrogen and oxygen atoms in total. The van der Waals surface area contributed by atoms with Gasteiger partial charge in [0.05, 0.1) is 11.0 Å². The Morgan fingerprint density at radius 1 is 1.30 bits per heavy atom. The van der Waals surface area contributed by atoms with E-state index in [1.165, 1.54) is 0 Å². The highest BCUT2D eigenvalue weighted by Gasteiger charge is 2.13. The first-order valence-corrected chi connectivity index (χ1v) is 7.54. The minimum atomic E-state index is -0.420. The zero-order chi connectivity index (χ0) is 16.4. The molecule has 1 heterocycles. The summed E-state index contributed by atoms with van der Waals surface area (Å²) in [6.45, 7) is 2.22. The van der Waals surface area contributed by atoms with E-state index >= 15 is 0 Å². The number of amides is 1. The SMILES string of the molecule is Cc1cc(OCc2nc3ccccc3n2CC(N)=O)ccc1Cl. The summed E-state index contributed by atoms with van der Waals surface area (Å²) in [7, 11) is 0. The van der Waals surface area contributed by atoms with Gasteiger partial charge in [-0.15, -0.1) is 0 Å². The second kappa shape index (κ2) is 6.30. The number of nitrogens with two attached hydrogens (primary N) is 1. The molecule has 0 aliphatic rings. The van der Waals surface area contributed by atoms with Crippen LogP contribution in [0.2, 0.25) is 5.02 Å². The average Bonchev–Trinajstić information content (AvgIpc) is 2.86. The van der Waals surface area contributed by atoms with Crippen LogP contribution in [-0.4, -0.2) is 15.5 Å². The number of aryl methyl sites for hydroxylation is 1. The lowest BCUT2D eigenvalue weighted by Crippen LogP contribution is -2.20. The number of fused-ring (bicyclic) bond motifs is 1. The van der Waals surface area contributed by atoms with Crippen molar-refractivity contribution in [2.75, 3.05) is 0 Å². The normalized spacial score (nSPS) is 10.9. The van der Waals surface area contributed by atoms with E-state index in [-0.39, 0.29) is 13.2 Å². The highest BCUT2D eigenvalue weighted by molar-refractivity contribution is 6.31. The van der Waals surface area contributed by atoms with Gasteiger partial charge in [0.1, 0.15) is 24.7 Å². The lowest BCUT2D eigenvalue weighted by Gasteiger charge is -2.09. The molecule has 0 bridgehead atoms. The molecule has 0 fully saturated rings. The van der Waals surface area contributed by atoms with E-state index in [9.17, 15) is 4.79 Å². The minimum absolute atomic E-state index is 0.0683. The van der Waals surface area contributed by atoms with E-state index < -0.39 is 5.91 Å². The maximum atomic E-state index is 11.3. The summed E-state index contributed by atoms with van der Waals surface area (Å²) in [4.78, 5) is 15.9. The molecule has 1 aromatic heterocycles. The predicted octanol–water partition coefficient (Wildman–Crippen LogP) is 3.06. The van der Waals surface area contributed by atoms with E-state index in [0.717, 1.165) is 16.6 Å². The molecule has 23 heavy (non-hydrogen) atoms. The van der Waals surface area contributed by atoms with Crippen LogP contribution in [0.1, 0.15) is 11.4 Å². The Labute approximate surface area is 138 Å². The van der Waals surface area contributed by atoms with E-state index in [1.807, 2.05) is 37.3 Å². The van der Waals surface area contributed by atoms with E-state index in [0.29, 0.717) is 16.6 Å². The summed E-state index contributed by atoms with van der Waals surface area (Å²) in [6, 6.07) is 13.0. The van der Waals surface area contributed by atoms with Gasteiger partial charge < -0.3 is 15.0 Å². The first-order valence-electron chi connectivity index (χ1n) is 7.16. The van der Waals surface area contributed by atoms with Crippen molar-refractivity contribution in [2.24, 2.45) is 5.73 Å². The van der Waals surface area contributed by atoms with Crippen LogP contribution >= 0.6 is 11.6 Å². The molecule has 0 atom stereocenters. The highest BCUT2D eigenvalue weighted by atomic mass is 35.5. The third-order valence-corrected chi connectivity index (χ3v) is 3.97. The average molecular weight is 330 g/mol. The fourth-order valence-electron chi connectivity index (χ4n) is 2.42. The van der Waals surface area contributed by atoms with Crippen molar-refractivity contribution < 1.29 is 9.53 Å². The number of halogens is 1. The highest BCUT2D eigenvalue weighted by Crippen LogP contribution is 2.22. The number of ether oxygens (including phenoxy) is 1. The van der Waals surface area contributed by atoms with Gasteiger partial charge in [-0.3, -0.25) is 4.79 Å². The molecule has 0 aliphatic heterocycles. The van der Waals surface area contributed by atoms with Gasteiger partial charge in [0.25, 0.3) is 0 Å². The van der Waals surface area contributed by atoms with Crippen LogP contribution in [0.15, 0.2) is 42.5 Å². The Balaban J connectivity index is 1.89. The lowest BCUT2D eigenvalue weighted by molar-refractivity contribution is -0.118. The molecule has 6 heteroatoms. The Morgan fingerprint density at radius 2 is 2.09 bits per heavy atom. The van der Waals surface area contributed by atoms with Crippen molar-refractivity contribution in [2.45, 2.75) is 20.1 Å². The molecule has 3 rings (SSSR count). The summed E-state index contributed by atoms with van der Waals surface area (Å²) in [6.07, 6.45) is 0. The lowest BCUT2D eigenvalue weighted by atomic mass is 10.2. The van der Waals surface area contributed by atoms with E-state index in [1.54, 1.807) is 16.7 Å². The number of carbonyl (C=O) groups excluding carboxylic acids is 1. The van der Waals surface area contributed by atoms with Gasteiger partial charge in [-0.05, 0) is 42.8 Å². The summed E-state index contributed by atoms with van der Waals surface area (Å²) in [5.41, 5.74) is 7.95. The summed E-state index contributed by atoms with van der Waals surface area (Å²) in [5.74, 6) is 0.930. The van der Waals surface area contributed by atoms with Gasteiger partial charge >= 0.3 is 0 Å². The second-order valence-electron chi connectivity index (χ2n) is 5.27. The number of hydrogen-bond donors (Lipinski definition) is 1. The largest absolute Gasteiger partial charge is 0.486 e. The van der Waals surface area contributed by atoms with Crippen molar-refractivity contribution in [1.82, 2.24) is 9.55 Å². The van der Waals surface area contributed by atoms with Crippen LogP contribution in [0, 0.1) is 6.92 Å². The quantitative estimate of drug-likeness (QED) is 0.782. The molecule has 2 aromatic carbocycles. The van der Waals surface area contributed by atoms with Crippen LogP contribution in [0.25, 0.3) is 11.0 Å². The van der Waals surface area contributed by atoms with Gasteiger partial charge in [-0.1, -0.05) is 23.7 Å². The van der Waals surface area contributed by atoms with Crippen molar-refractivity contribution >= 4 is 28.5 Å². The third kappa shape index (κ3) is 3.29. The summed E-state index contributed by atoms with van der Waals surface area (Å²) in [5, 5.41) is 0.693. The molecule has 0 saturated heterocycles. The maximum Gasteiger partial charge on any atom is 0.237 e. The minimum Gasteiger partial charge on any atom is -0.486 e. The first-order chi connectivity index (χ1) is 11.0. The second-order valence-corrected chi connectivity index (χ2v) is 5.68. The number of aromatic nitrogens is 2. The molecular formula is C17H16ClN3O2. The number of primary amides is 1. The third-order valence-electron chi connectivity index (χ3n) is 3.54. The molecule has 1 amide bonds. The van der Waals surface area contributed by atoms with Gasteiger partial charge in [0.2, 0.25) is 5.91 Å². The van der Waals surface area contributed by atoms with Crippen molar-refractivity contribution in [1.29, 1.82) is 0 Å². The molecule has 0 radical (unpaired) electrons. The van der Waals surface area contributed by atoms with Crippen molar-refractivity contribution in [3.63, 3.8) is 0 Å². The molecule has 0 aliphatic carbocycles. The summed E-state index contributed by atoms with van der Waals surface area (Å²) < 4.78 is 7.56. The molecular weight excluding hydrogens is 314 g/mol. The Kier molecular flexibility index (Phi) is 4.21. The number of carbonyl (C=O) groups is 1. The number of imidazole rings is 1. The van der Waals surface area contributed by atoms with Crippen LogP contribution in [0.4, 0.5) is 0 Å². The van der Waals surface area contributed by atoms with E-state index in [4.69, 9.17) is 22.1 Å². The Morgan fingerprint density at radius 3 is 2.83 bits per heavy atom. The maximum absolute atomic E-state index is 11.3. The number of rotatable bonds is 5. The predicted molar refractivity (Wildman–Crippen MR) is 89.4 cm³/mol.